The highest BCUT2D eigenvalue weighted by molar-refractivity contribution is 6.01. The second kappa shape index (κ2) is 5.43. The summed E-state index contributed by atoms with van der Waals surface area (Å²) in [5, 5.41) is 0. The molecule has 3 fully saturated rings. The molecule has 0 heterocycles. The lowest BCUT2D eigenvalue weighted by atomic mass is 9.48. The number of allylic oxidation sites excluding steroid dienone is 5. The number of hydrogen-bond acceptors (Lipinski definition) is 2. The minimum atomic E-state index is -0.256. The maximum atomic E-state index is 11.8. The smallest absolute Gasteiger partial charge is 0.244 e. The summed E-state index contributed by atoms with van der Waals surface area (Å²) in [4.78, 5) is 23.6. The molecular weight excluding hydrogens is 310 g/mol. The third kappa shape index (κ3) is 2.24. The second-order valence-electron chi connectivity index (χ2n) is 9.07. The first-order valence-electron chi connectivity index (χ1n) is 9.71. The Hall–Kier alpha value is -1.64. The van der Waals surface area contributed by atoms with Crippen molar-refractivity contribution < 1.29 is 9.59 Å². The SMILES string of the molecule is C/C(C(N)=O)=C1\CC[C@H]2[C@@H]3CCC4=CC(=O)C=C[C@]4(C)[C@H]3CC[C@]12C. The molecule has 3 saturated carbocycles. The minimum Gasteiger partial charge on any atom is -0.366 e. The van der Waals surface area contributed by atoms with Crippen LogP contribution in [0.3, 0.4) is 0 Å². The van der Waals surface area contributed by atoms with Gasteiger partial charge in [0.25, 0.3) is 0 Å². The number of ketones is 1. The summed E-state index contributed by atoms with van der Waals surface area (Å²) >= 11 is 0. The first kappa shape index (κ1) is 16.8. The molecule has 25 heavy (non-hydrogen) atoms. The van der Waals surface area contributed by atoms with Crippen LogP contribution < -0.4 is 5.73 Å². The molecule has 0 aromatic carbocycles. The minimum absolute atomic E-state index is 0.0450. The van der Waals surface area contributed by atoms with Crippen molar-refractivity contribution in [1.29, 1.82) is 0 Å². The molecule has 0 bridgehead atoms. The van der Waals surface area contributed by atoms with Crippen LogP contribution in [-0.4, -0.2) is 11.7 Å². The predicted octanol–water partition coefficient (Wildman–Crippen LogP) is 4.10. The van der Waals surface area contributed by atoms with E-state index in [1.54, 1.807) is 6.08 Å². The molecule has 0 unspecified atom stereocenters. The summed E-state index contributed by atoms with van der Waals surface area (Å²) in [6.07, 6.45) is 12.6. The summed E-state index contributed by atoms with van der Waals surface area (Å²) in [6, 6.07) is 0. The number of fused-ring (bicyclic) bond motifs is 5. The summed E-state index contributed by atoms with van der Waals surface area (Å²) in [5.74, 6) is 1.82. The topological polar surface area (TPSA) is 60.2 Å². The van der Waals surface area contributed by atoms with E-state index in [0.717, 1.165) is 24.8 Å². The molecule has 3 nitrogen and oxygen atoms in total. The van der Waals surface area contributed by atoms with Crippen LogP contribution in [0.15, 0.2) is 34.9 Å². The Labute approximate surface area is 150 Å². The molecule has 134 valence electrons. The van der Waals surface area contributed by atoms with Crippen LogP contribution in [0.5, 0.6) is 0 Å². The second-order valence-corrected chi connectivity index (χ2v) is 9.07. The number of carbonyl (C=O) groups is 2. The molecule has 1 amide bonds. The lowest BCUT2D eigenvalue weighted by Gasteiger charge is -2.56. The van der Waals surface area contributed by atoms with Crippen molar-refractivity contribution >= 4 is 11.7 Å². The highest BCUT2D eigenvalue weighted by atomic mass is 16.1. The number of rotatable bonds is 1. The van der Waals surface area contributed by atoms with Gasteiger partial charge in [0.05, 0.1) is 0 Å². The van der Waals surface area contributed by atoms with E-state index >= 15 is 0 Å². The summed E-state index contributed by atoms with van der Waals surface area (Å²) < 4.78 is 0. The van der Waals surface area contributed by atoms with E-state index < -0.39 is 0 Å². The number of nitrogens with two attached hydrogens (primary N) is 1. The molecule has 0 spiro atoms. The molecule has 0 aliphatic heterocycles. The quantitative estimate of drug-likeness (QED) is 0.731. The lowest BCUT2D eigenvalue weighted by Crippen LogP contribution is -2.48. The van der Waals surface area contributed by atoms with E-state index in [1.165, 1.54) is 30.4 Å². The molecule has 0 aromatic rings. The summed E-state index contributed by atoms with van der Waals surface area (Å²) in [5.41, 5.74) is 9.24. The van der Waals surface area contributed by atoms with Crippen molar-refractivity contribution in [3.8, 4) is 0 Å². The van der Waals surface area contributed by atoms with Crippen molar-refractivity contribution in [2.75, 3.05) is 0 Å². The zero-order valence-electron chi connectivity index (χ0n) is 15.6. The van der Waals surface area contributed by atoms with Crippen LogP contribution in [0.2, 0.25) is 0 Å². The largest absolute Gasteiger partial charge is 0.366 e. The van der Waals surface area contributed by atoms with E-state index in [-0.39, 0.29) is 22.5 Å². The standard InChI is InChI=1S/C22H29NO2/c1-13(20(23)25)17-6-7-18-16-5-4-14-12-15(24)8-10-21(14,2)19(16)9-11-22(17,18)3/h8,10,12,16,18-19H,4-7,9,11H2,1-3H3,(H2,23,25)/b17-13-/t16-,18-,19-,21-,22+/m0/s1. The molecule has 2 N–H and O–H groups in total. The van der Waals surface area contributed by atoms with Gasteiger partial charge in [-0.1, -0.05) is 31.1 Å². The number of amides is 1. The lowest BCUT2D eigenvalue weighted by molar-refractivity contribution is -0.114. The van der Waals surface area contributed by atoms with Crippen LogP contribution in [0, 0.1) is 28.6 Å². The molecule has 3 heteroatoms. The number of primary amides is 1. The Balaban J connectivity index is 1.71. The predicted molar refractivity (Wildman–Crippen MR) is 98.5 cm³/mol. The normalized spacial score (nSPS) is 44.5. The third-order valence-electron chi connectivity index (χ3n) is 8.16. The van der Waals surface area contributed by atoms with Gasteiger partial charge in [0.2, 0.25) is 5.91 Å². The van der Waals surface area contributed by atoms with Crippen molar-refractivity contribution in [1.82, 2.24) is 0 Å². The Bertz CT molecular complexity index is 743. The molecule has 0 saturated heterocycles. The molecule has 4 aliphatic rings. The monoisotopic (exact) mass is 339 g/mol. The van der Waals surface area contributed by atoms with E-state index in [9.17, 15) is 9.59 Å². The van der Waals surface area contributed by atoms with E-state index in [2.05, 4.69) is 19.9 Å². The van der Waals surface area contributed by atoms with Crippen molar-refractivity contribution in [2.45, 2.75) is 59.3 Å². The maximum absolute atomic E-state index is 11.8. The Kier molecular flexibility index (Phi) is 3.65. The van der Waals surface area contributed by atoms with Crippen LogP contribution in [0.1, 0.15) is 59.3 Å². The van der Waals surface area contributed by atoms with Crippen LogP contribution in [0.25, 0.3) is 0 Å². The molecular formula is C22H29NO2. The summed E-state index contributed by atoms with van der Waals surface area (Å²) in [7, 11) is 0. The Morgan fingerprint density at radius 3 is 2.64 bits per heavy atom. The first-order valence-corrected chi connectivity index (χ1v) is 9.71. The van der Waals surface area contributed by atoms with Crippen LogP contribution >= 0.6 is 0 Å². The fraction of sp³-hybridized carbons (Fsp3) is 0.636. The van der Waals surface area contributed by atoms with Gasteiger partial charge in [-0.3, -0.25) is 9.59 Å². The molecule has 4 aliphatic carbocycles. The van der Waals surface area contributed by atoms with Crippen molar-refractivity contribution in [3.05, 3.63) is 34.9 Å². The fourth-order valence-corrected chi connectivity index (χ4v) is 6.77. The third-order valence-corrected chi connectivity index (χ3v) is 8.16. The average molecular weight is 339 g/mol. The van der Waals surface area contributed by atoms with Crippen LogP contribution in [-0.2, 0) is 9.59 Å². The first-order chi connectivity index (χ1) is 11.8. The van der Waals surface area contributed by atoms with E-state index in [1.807, 2.05) is 13.0 Å². The zero-order valence-corrected chi connectivity index (χ0v) is 15.6. The van der Waals surface area contributed by atoms with Gasteiger partial charge in [-0.15, -0.1) is 0 Å². The van der Waals surface area contributed by atoms with Crippen LogP contribution in [0.4, 0.5) is 0 Å². The molecule has 0 aromatic heterocycles. The Morgan fingerprint density at radius 2 is 1.92 bits per heavy atom. The Morgan fingerprint density at radius 1 is 1.16 bits per heavy atom. The van der Waals surface area contributed by atoms with Gasteiger partial charge in [0.15, 0.2) is 5.78 Å². The van der Waals surface area contributed by atoms with Gasteiger partial charge in [0, 0.05) is 11.0 Å². The molecule has 4 rings (SSSR count). The van der Waals surface area contributed by atoms with Crippen molar-refractivity contribution in [2.24, 2.45) is 34.3 Å². The highest BCUT2D eigenvalue weighted by Gasteiger charge is 2.57. The molecule has 0 radical (unpaired) electrons. The molecule has 5 atom stereocenters. The maximum Gasteiger partial charge on any atom is 0.244 e. The van der Waals surface area contributed by atoms with Gasteiger partial charge >= 0.3 is 0 Å². The highest BCUT2D eigenvalue weighted by Crippen LogP contribution is 2.66. The zero-order chi connectivity index (χ0) is 18.0. The van der Waals surface area contributed by atoms with Gasteiger partial charge in [-0.2, -0.15) is 0 Å². The number of carbonyl (C=O) groups excluding carboxylic acids is 2. The van der Waals surface area contributed by atoms with E-state index in [4.69, 9.17) is 5.73 Å². The van der Waals surface area contributed by atoms with E-state index in [0.29, 0.717) is 17.8 Å². The van der Waals surface area contributed by atoms with Gasteiger partial charge in [0.1, 0.15) is 0 Å². The van der Waals surface area contributed by atoms with Gasteiger partial charge < -0.3 is 5.73 Å². The average Bonchev–Trinajstić information content (AvgIpc) is 2.92. The van der Waals surface area contributed by atoms with Gasteiger partial charge in [-0.05, 0) is 80.8 Å². The van der Waals surface area contributed by atoms with Crippen molar-refractivity contribution in [3.63, 3.8) is 0 Å². The summed E-state index contributed by atoms with van der Waals surface area (Å²) in [6.45, 7) is 6.62. The number of hydrogen-bond donors (Lipinski definition) is 1. The fourth-order valence-electron chi connectivity index (χ4n) is 6.77. The van der Waals surface area contributed by atoms with Gasteiger partial charge in [-0.25, -0.2) is 0 Å².